The fourth-order valence-corrected chi connectivity index (χ4v) is 2.95. The number of para-hydroxylation sites is 1. The lowest BCUT2D eigenvalue weighted by molar-refractivity contribution is 1.06. The summed E-state index contributed by atoms with van der Waals surface area (Å²) < 4.78 is 2.68. The van der Waals surface area contributed by atoms with Crippen molar-refractivity contribution in [2.45, 2.75) is 13.8 Å². The predicted molar refractivity (Wildman–Crippen MR) is 82.9 cm³/mol. The van der Waals surface area contributed by atoms with Crippen molar-refractivity contribution >= 4 is 34.9 Å². The van der Waals surface area contributed by atoms with Crippen molar-refractivity contribution in [3.63, 3.8) is 0 Å². The summed E-state index contributed by atoms with van der Waals surface area (Å²) in [6.07, 6.45) is 0. The molecule has 0 spiro atoms. The molecule has 3 rings (SSSR count). The Bertz CT molecular complexity index is 810. The van der Waals surface area contributed by atoms with Gasteiger partial charge in [-0.15, -0.1) is 0 Å². The summed E-state index contributed by atoms with van der Waals surface area (Å²) in [4.78, 5) is 3.18. The van der Waals surface area contributed by atoms with Crippen molar-refractivity contribution in [1.29, 1.82) is 0 Å². The Labute approximate surface area is 121 Å². The first kappa shape index (κ1) is 12.5. The third-order valence-electron chi connectivity index (χ3n) is 3.13. The van der Waals surface area contributed by atoms with Gasteiger partial charge in [-0.25, -0.2) is 0 Å². The number of halogens is 1. The van der Waals surface area contributed by atoms with Crippen LogP contribution in [0.5, 0.6) is 0 Å². The standard InChI is InChI=1S/C15H13ClN2S/c1-9-6-10(2)8-11(7-9)18-13-5-3-4-12(16)14(13)17-15(18)19/h3-8H,1-2H3,(H,17,19). The molecular formula is C15H13ClN2S. The Morgan fingerprint density at radius 3 is 2.47 bits per heavy atom. The van der Waals surface area contributed by atoms with Crippen molar-refractivity contribution in [2.75, 3.05) is 0 Å². The maximum absolute atomic E-state index is 6.20. The molecule has 0 fully saturated rings. The van der Waals surface area contributed by atoms with Crippen LogP contribution in [0.2, 0.25) is 5.02 Å². The summed E-state index contributed by atoms with van der Waals surface area (Å²) in [5, 5.41) is 0.687. The van der Waals surface area contributed by atoms with E-state index in [4.69, 9.17) is 23.8 Å². The maximum atomic E-state index is 6.20. The van der Waals surface area contributed by atoms with E-state index in [1.165, 1.54) is 11.1 Å². The second-order valence-electron chi connectivity index (χ2n) is 4.75. The molecule has 0 aliphatic rings. The largest absolute Gasteiger partial charge is 0.329 e. The number of H-pyrrole nitrogens is 1. The second kappa shape index (κ2) is 4.51. The number of benzene rings is 2. The average Bonchev–Trinajstić information content (AvgIpc) is 2.65. The lowest BCUT2D eigenvalue weighted by Crippen LogP contribution is -1.95. The highest BCUT2D eigenvalue weighted by Crippen LogP contribution is 2.26. The average molecular weight is 289 g/mol. The van der Waals surface area contributed by atoms with Gasteiger partial charge in [-0.05, 0) is 61.5 Å². The third-order valence-corrected chi connectivity index (χ3v) is 3.73. The molecule has 0 aliphatic carbocycles. The van der Waals surface area contributed by atoms with Crippen molar-refractivity contribution < 1.29 is 0 Å². The minimum Gasteiger partial charge on any atom is -0.329 e. The van der Waals surface area contributed by atoms with Gasteiger partial charge >= 0.3 is 0 Å². The van der Waals surface area contributed by atoms with Gasteiger partial charge in [0.2, 0.25) is 0 Å². The van der Waals surface area contributed by atoms with Gasteiger partial charge in [-0.3, -0.25) is 4.57 Å². The molecule has 19 heavy (non-hydrogen) atoms. The van der Waals surface area contributed by atoms with Crippen molar-refractivity contribution in [3.05, 3.63) is 57.3 Å². The van der Waals surface area contributed by atoms with Gasteiger partial charge in [0, 0.05) is 5.69 Å². The van der Waals surface area contributed by atoms with E-state index in [-0.39, 0.29) is 0 Å². The van der Waals surface area contributed by atoms with Crippen LogP contribution in [0.4, 0.5) is 0 Å². The normalized spacial score (nSPS) is 11.1. The smallest absolute Gasteiger partial charge is 0.182 e. The van der Waals surface area contributed by atoms with Crippen LogP contribution in [0.3, 0.4) is 0 Å². The number of fused-ring (bicyclic) bond motifs is 1. The van der Waals surface area contributed by atoms with Gasteiger partial charge in [-0.1, -0.05) is 23.7 Å². The fourth-order valence-electron chi connectivity index (χ4n) is 2.43. The summed E-state index contributed by atoms with van der Waals surface area (Å²) in [6.45, 7) is 4.17. The molecule has 0 amide bonds. The van der Waals surface area contributed by atoms with E-state index in [2.05, 4.69) is 37.0 Å². The second-order valence-corrected chi connectivity index (χ2v) is 5.54. The molecular weight excluding hydrogens is 276 g/mol. The van der Waals surface area contributed by atoms with Gasteiger partial charge in [0.25, 0.3) is 0 Å². The zero-order chi connectivity index (χ0) is 13.6. The topological polar surface area (TPSA) is 20.7 Å². The van der Waals surface area contributed by atoms with Crippen LogP contribution >= 0.6 is 23.8 Å². The Morgan fingerprint density at radius 1 is 1.11 bits per heavy atom. The molecule has 2 nitrogen and oxygen atoms in total. The van der Waals surface area contributed by atoms with Crippen molar-refractivity contribution in [3.8, 4) is 5.69 Å². The number of hydrogen-bond donors (Lipinski definition) is 1. The predicted octanol–water partition coefficient (Wildman–Crippen LogP) is 4.96. The number of nitrogens with zero attached hydrogens (tertiary/aromatic N) is 1. The van der Waals surface area contributed by atoms with Gasteiger partial charge < -0.3 is 4.98 Å². The monoisotopic (exact) mass is 288 g/mol. The SMILES string of the molecule is Cc1cc(C)cc(-n2c(=S)[nH]c3c(Cl)cccc32)c1. The zero-order valence-electron chi connectivity index (χ0n) is 10.7. The molecule has 0 saturated heterocycles. The van der Waals surface area contributed by atoms with E-state index in [1.54, 1.807) is 0 Å². The van der Waals surface area contributed by atoms with Crippen LogP contribution in [0.15, 0.2) is 36.4 Å². The van der Waals surface area contributed by atoms with E-state index >= 15 is 0 Å². The maximum Gasteiger partial charge on any atom is 0.182 e. The number of aryl methyl sites for hydroxylation is 2. The van der Waals surface area contributed by atoms with Crippen LogP contribution < -0.4 is 0 Å². The van der Waals surface area contributed by atoms with Crippen LogP contribution in [-0.2, 0) is 0 Å². The molecule has 96 valence electrons. The molecule has 0 bridgehead atoms. The Balaban J connectivity index is 2.39. The first-order chi connectivity index (χ1) is 9.06. The summed E-state index contributed by atoms with van der Waals surface area (Å²) in [5.74, 6) is 0. The Morgan fingerprint density at radius 2 is 1.79 bits per heavy atom. The van der Waals surface area contributed by atoms with Crippen LogP contribution in [0.25, 0.3) is 16.7 Å². The summed E-state index contributed by atoms with van der Waals surface area (Å²) >= 11 is 11.6. The number of hydrogen-bond acceptors (Lipinski definition) is 1. The molecule has 3 aromatic rings. The number of aromatic nitrogens is 2. The molecule has 0 aliphatic heterocycles. The zero-order valence-corrected chi connectivity index (χ0v) is 12.3. The Hall–Kier alpha value is -1.58. The van der Waals surface area contributed by atoms with E-state index in [9.17, 15) is 0 Å². The van der Waals surface area contributed by atoms with E-state index in [1.807, 2.05) is 22.8 Å². The highest BCUT2D eigenvalue weighted by Gasteiger charge is 2.09. The number of imidazole rings is 1. The molecule has 0 saturated carbocycles. The van der Waals surface area contributed by atoms with Gasteiger partial charge in [0.05, 0.1) is 16.1 Å². The van der Waals surface area contributed by atoms with E-state index in [0.29, 0.717) is 9.79 Å². The van der Waals surface area contributed by atoms with E-state index < -0.39 is 0 Å². The first-order valence-electron chi connectivity index (χ1n) is 6.04. The van der Waals surface area contributed by atoms with Gasteiger partial charge in [0.15, 0.2) is 4.77 Å². The minimum atomic E-state index is 0.660. The van der Waals surface area contributed by atoms with Crippen molar-refractivity contribution in [2.24, 2.45) is 0 Å². The lowest BCUT2D eigenvalue weighted by Gasteiger charge is -2.07. The molecule has 1 aromatic heterocycles. The number of rotatable bonds is 1. The number of aromatic amines is 1. The quantitative estimate of drug-likeness (QED) is 0.628. The highest BCUT2D eigenvalue weighted by atomic mass is 35.5. The summed E-state index contributed by atoms with van der Waals surface area (Å²) in [5.41, 5.74) is 5.38. The van der Waals surface area contributed by atoms with Crippen molar-refractivity contribution in [1.82, 2.24) is 9.55 Å². The molecule has 0 unspecified atom stereocenters. The third kappa shape index (κ3) is 2.09. The van der Waals surface area contributed by atoms with Crippen LogP contribution in [0.1, 0.15) is 11.1 Å². The summed E-state index contributed by atoms with van der Waals surface area (Å²) in [7, 11) is 0. The molecule has 4 heteroatoms. The van der Waals surface area contributed by atoms with Crippen LogP contribution in [-0.4, -0.2) is 9.55 Å². The molecule has 1 heterocycles. The van der Waals surface area contributed by atoms with E-state index in [0.717, 1.165) is 16.7 Å². The molecule has 0 atom stereocenters. The highest BCUT2D eigenvalue weighted by molar-refractivity contribution is 7.71. The molecule has 1 N–H and O–H groups in total. The lowest BCUT2D eigenvalue weighted by atomic mass is 10.1. The summed E-state index contributed by atoms with van der Waals surface area (Å²) in [6, 6.07) is 12.2. The Kier molecular flexibility index (Phi) is 2.96. The fraction of sp³-hybridized carbons (Fsp3) is 0.133. The van der Waals surface area contributed by atoms with Gasteiger partial charge in [-0.2, -0.15) is 0 Å². The molecule has 2 aromatic carbocycles. The minimum absolute atomic E-state index is 0.660. The first-order valence-corrected chi connectivity index (χ1v) is 6.83. The molecule has 0 radical (unpaired) electrons. The van der Waals surface area contributed by atoms with Gasteiger partial charge in [0.1, 0.15) is 0 Å². The van der Waals surface area contributed by atoms with Crippen LogP contribution in [0, 0.1) is 18.6 Å². The number of nitrogens with one attached hydrogen (secondary N) is 1.